The Morgan fingerprint density at radius 2 is 1.94 bits per heavy atom. The maximum atomic E-state index is 11.3. The van der Waals surface area contributed by atoms with Crippen LogP contribution in [-0.2, 0) is 9.84 Å². The van der Waals surface area contributed by atoms with Gasteiger partial charge >= 0.3 is 6.09 Å². The number of hydrogen-bond acceptors (Lipinski definition) is 7. The Hall–Kier alpha value is -3.34. The highest BCUT2D eigenvalue weighted by molar-refractivity contribution is 7.90. The van der Waals surface area contributed by atoms with Crippen LogP contribution in [0, 0.1) is 0 Å². The minimum atomic E-state index is -3.01. The van der Waals surface area contributed by atoms with Crippen molar-refractivity contribution in [2.24, 2.45) is 0 Å². The smallest absolute Gasteiger partial charge is 0.404 e. The van der Waals surface area contributed by atoms with Gasteiger partial charge in [-0.3, -0.25) is 0 Å². The van der Waals surface area contributed by atoms with E-state index >= 15 is 0 Å². The third-order valence-electron chi connectivity index (χ3n) is 5.89. The summed E-state index contributed by atoms with van der Waals surface area (Å²) in [6, 6.07) is 9.72. The molecule has 2 aromatic heterocycles. The fraction of sp³-hybridized carbons (Fsp3) is 0.435. The van der Waals surface area contributed by atoms with E-state index in [0.717, 1.165) is 36.6 Å². The first-order chi connectivity index (χ1) is 16.3. The number of aromatic nitrogens is 3. The van der Waals surface area contributed by atoms with Gasteiger partial charge in [0.2, 0.25) is 5.95 Å². The first-order valence-corrected chi connectivity index (χ1v) is 13.3. The lowest BCUT2D eigenvalue weighted by Crippen LogP contribution is -2.39. The minimum absolute atomic E-state index is 0.00293. The Morgan fingerprint density at radius 3 is 2.68 bits per heavy atom. The first kappa shape index (κ1) is 23.8. The topological polar surface area (TPSA) is 135 Å². The second-order valence-electron chi connectivity index (χ2n) is 8.59. The monoisotopic (exact) mass is 487 g/mol. The Balaban J connectivity index is 1.43. The predicted octanol–water partition coefficient (Wildman–Crippen LogP) is 3.22. The number of fused-ring (bicyclic) bond motifs is 1. The fourth-order valence-corrected chi connectivity index (χ4v) is 4.90. The molecule has 1 saturated carbocycles. The summed E-state index contributed by atoms with van der Waals surface area (Å²) in [7, 11) is -3.01. The van der Waals surface area contributed by atoms with Gasteiger partial charge in [-0.25, -0.2) is 18.2 Å². The molecule has 4 rings (SSSR count). The molecule has 1 amide bonds. The predicted molar refractivity (Wildman–Crippen MR) is 130 cm³/mol. The number of amides is 1. The zero-order chi connectivity index (χ0) is 24.1. The molecule has 0 aliphatic heterocycles. The van der Waals surface area contributed by atoms with Gasteiger partial charge in [-0.2, -0.15) is 4.98 Å². The summed E-state index contributed by atoms with van der Waals surface area (Å²) in [6.45, 7) is 0.323. The molecule has 2 heterocycles. The van der Waals surface area contributed by atoms with E-state index in [-0.39, 0.29) is 17.8 Å². The van der Waals surface area contributed by atoms with Crippen molar-refractivity contribution in [3.05, 3.63) is 42.7 Å². The quantitative estimate of drug-likeness (QED) is 0.392. The van der Waals surface area contributed by atoms with E-state index in [0.29, 0.717) is 30.5 Å². The highest BCUT2D eigenvalue weighted by Crippen LogP contribution is 2.29. The maximum Gasteiger partial charge on any atom is 0.404 e. The standard InChI is InChI=1S/C23H29N5O5S/c1-34(31,32)15-3-14-33-20-5-2-4-19-18(20)11-13-28(19)21-10-12-24-22(27-21)25-16-6-8-17(9-7-16)26-23(29)30/h2,4-5,10-13,16-17,26H,3,6-9,14-15H2,1H3,(H,29,30)(H,24,25,27). The van der Waals surface area contributed by atoms with E-state index in [1.54, 1.807) is 6.20 Å². The summed E-state index contributed by atoms with van der Waals surface area (Å²) >= 11 is 0. The van der Waals surface area contributed by atoms with Crippen LogP contribution in [0.3, 0.4) is 0 Å². The molecule has 0 spiro atoms. The molecule has 0 unspecified atom stereocenters. The second kappa shape index (κ2) is 10.3. The number of benzene rings is 1. The molecule has 1 fully saturated rings. The number of anilines is 1. The Bertz CT molecular complexity index is 1250. The van der Waals surface area contributed by atoms with Crippen LogP contribution < -0.4 is 15.4 Å². The molecule has 0 bridgehead atoms. The van der Waals surface area contributed by atoms with Crippen molar-refractivity contribution < 1.29 is 23.1 Å². The van der Waals surface area contributed by atoms with Crippen LogP contribution in [0.25, 0.3) is 16.7 Å². The number of carboxylic acid groups (broad SMARTS) is 1. The van der Waals surface area contributed by atoms with Crippen LogP contribution in [0.15, 0.2) is 42.7 Å². The van der Waals surface area contributed by atoms with Crippen LogP contribution >= 0.6 is 0 Å². The summed E-state index contributed by atoms with van der Waals surface area (Å²) in [5, 5.41) is 15.7. The van der Waals surface area contributed by atoms with E-state index in [4.69, 9.17) is 9.84 Å². The molecule has 0 saturated heterocycles. The molecular formula is C23H29N5O5S. The maximum absolute atomic E-state index is 11.3. The molecule has 0 radical (unpaired) electrons. The Labute approximate surface area is 198 Å². The fourth-order valence-electron chi connectivity index (χ4n) is 4.26. The van der Waals surface area contributed by atoms with E-state index in [9.17, 15) is 13.2 Å². The van der Waals surface area contributed by atoms with Crippen LogP contribution in [0.2, 0.25) is 0 Å². The Morgan fingerprint density at radius 1 is 1.18 bits per heavy atom. The lowest BCUT2D eigenvalue weighted by atomic mass is 9.91. The molecule has 182 valence electrons. The molecule has 1 aliphatic carbocycles. The van der Waals surface area contributed by atoms with Crippen LogP contribution in [0.4, 0.5) is 10.7 Å². The first-order valence-electron chi connectivity index (χ1n) is 11.3. The van der Waals surface area contributed by atoms with Crippen molar-refractivity contribution in [3.63, 3.8) is 0 Å². The summed E-state index contributed by atoms with van der Waals surface area (Å²) in [4.78, 5) is 19.9. The van der Waals surface area contributed by atoms with E-state index in [1.807, 2.05) is 41.1 Å². The van der Waals surface area contributed by atoms with Gasteiger partial charge in [0.25, 0.3) is 0 Å². The second-order valence-corrected chi connectivity index (χ2v) is 10.8. The number of carbonyl (C=O) groups is 1. The molecular weight excluding hydrogens is 458 g/mol. The number of nitrogens with one attached hydrogen (secondary N) is 2. The van der Waals surface area contributed by atoms with Gasteiger partial charge in [-0.1, -0.05) is 6.07 Å². The van der Waals surface area contributed by atoms with Crippen molar-refractivity contribution in [1.82, 2.24) is 19.9 Å². The normalized spacial score (nSPS) is 18.5. The largest absolute Gasteiger partial charge is 0.493 e. The number of sulfone groups is 1. The van der Waals surface area contributed by atoms with E-state index in [2.05, 4.69) is 20.6 Å². The molecule has 1 aromatic carbocycles. The van der Waals surface area contributed by atoms with Gasteiger partial charge in [0, 0.05) is 36.1 Å². The van der Waals surface area contributed by atoms with Gasteiger partial charge < -0.3 is 25.0 Å². The molecule has 34 heavy (non-hydrogen) atoms. The SMILES string of the molecule is CS(=O)(=O)CCCOc1cccc2c1ccn2-c1ccnc(NC2CCC(NC(=O)O)CC2)n1. The van der Waals surface area contributed by atoms with Crippen molar-refractivity contribution in [2.75, 3.05) is 23.9 Å². The van der Waals surface area contributed by atoms with Crippen molar-refractivity contribution in [2.45, 2.75) is 44.2 Å². The number of hydrogen-bond donors (Lipinski definition) is 3. The minimum Gasteiger partial charge on any atom is -0.493 e. The number of rotatable bonds is 9. The molecule has 10 nitrogen and oxygen atoms in total. The third-order valence-corrected chi connectivity index (χ3v) is 6.92. The average molecular weight is 488 g/mol. The van der Waals surface area contributed by atoms with E-state index in [1.165, 1.54) is 6.26 Å². The third kappa shape index (κ3) is 6.16. The van der Waals surface area contributed by atoms with Crippen molar-refractivity contribution in [1.29, 1.82) is 0 Å². The van der Waals surface area contributed by atoms with Crippen LogP contribution in [0.5, 0.6) is 5.75 Å². The van der Waals surface area contributed by atoms with Crippen molar-refractivity contribution in [3.8, 4) is 11.6 Å². The molecule has 3 aromatic rings. The molecule has 1 aliphatic rings. The summed E-state index contributed by atoms with van der Waals surface area (Å²) in [6.07, 6.45) is 7.54. The Kier molecular flexibility index (Phi) is 7.20. The summed E-state index contributed by atoms with van der Waals surface area (Å²) in [5.41, 5.74) is 0.922. The van der Waals surface area contributed by atoms with Crippen LogP contribution in [0.1, 0.15) is 32.1 Å². The number of ether oxygens (including phenoxy) is 1. The van der Waals surface area contributed by atoms with Gasteiger partial charge in [0.15, 0.2) is 0 Å². The molecule has 0 atom stereocenters. The van der Waals surface area contributed by atoms with Gasteiger partial charge in [-0.15, -0.1) is 0 Å². The average Bonchev–Trinajstić information content (AvgIpc) is 3.22. The lowest BCUT2D eigenvalue weighted by molar-refractivity contribution is 0.185. The van der Waals surface area contributed by atoms with Gasteiger partial charge in [0.05, 0.1) is 17.9 Å². The zero-order valence-corrected chi connectivity index (χ0v) is 19.8. The van der Waals surface area contributed by atoms with Gasteiger partial charge in [-0.05, 0) is 56.4 Å². The number of nitrogens with zero attached hydrogens (tertiary/aromatic N) is 3. The highest BCUT2D eigenvalue weighted by Gasteiger charge is 2.23. The van der Waals surface area contributed by atoms with E-state index < -0.39 is 15.9 Å². The van der Waals surface area contributed by atoms with Crippen molar-refractivity contribution >= 4 is 32.8 Å². The van der Waals surface area contributed by atoms with Crippen LogP contribution in [-0.4, -0.2) is 64.9 Å². The lowest BCUT2D eigenvalue weighted by Gasteiger charge is -2.28. The molecule has 3 N–H and O–H groups in total. The zero-order valence-electron chi connectivity index (χ0n) is 19.0. The summed E-state index contributed by atoms with van der Waals surface area (Å²) < 4.78 is 30.5. The highest BCUT2D eigenvalue weighted by atomic mass is 32.2. The van der Waals surface area contributed by atoms with Gasteiger partial charge in [0.1, 0.15) is 21.4 Å². The summed E-state index contributed by atoms with van der Waals surface area (Å²) in [5.74, 6) is 2.03. The molecule has 11 heteroatoms.